The number of carbonyl (C=O) groups is 2. The number of carboxylic acids is 1. The molecule has 21 heavy (non-hydrogen) atoms. The van der Waals surface area contributed by atoms with Gasteiger partial charge < -0.3 is 15.2 Å². The molecule has 0 spiro atoms. The summed E-state index contributed by atoms with van der Waals surface area (Å²) in [6, 6.07) is 7.60. The van der Waals surface area contributed by atoms with E-state index in [0.717, 1.165) is 17.7 Å². The van der Waals surface area contributed by atoms with Crippen LogP contribution in [0.25, 0.3) is 0 Å². The third-order valence-corrected chi connectivity index (χ3v) is 3.89. The Kier molecular flexibility index (Phi) is 4.83. The van der Waals surface area contributed by atoms with E-state index >= 15 is 0 Å². The fourth-order valence-electron chi connectivity index (χ4n) is 2.51. The number of ether oxygens (including phenoxy) is 1. The molecule has 0 saturated heterocycles. The van der Waals surface area contributed by atoms with Gasteiger partial charge in [0.05, 0.1) is 6.61 Å². The monoisotopic (exact) mass is 291 g/mol. The van der Waals surface area contributed by atoms with Gasteiger partial charge in [0.15, 0.2) is 0 Å². The van der Waals surface area contributed by atoms with Gasteiger partial charge in [0.25, 0.3) is 0 Å². The van der Waals surface area contributed by atoms with Crippen LogP contribution in [-0.2, 0) is 16.0 Å². The van der Waals surface area contributed by atoms with Crippen molar-refractivity contribution in [1.29, 1.82) is 0 Å². The first kappa shape index (κ1) is 15.4. The smallest absolute Gasteiger partial charge is 0.329 e. The highest BCUT2D eigenvalue weighted by atomic mass is 16.5. The predicted molar refractivity (Wildman–Crippen MR) is 78.3 cm³/mol. The number of hydrogen-bond acceptors (Lipinski definition) is 3. The second kappa shape index (κ2) is 6.61. The van der Waals surface area contributed by atoms with Crippen LogP contribution in [0.2, 0.25) is 0 Å². The van der Waals surface area contributed by atoms with Crippen molar-refractivity contribution in [3.63, 3.8) is 0 Å². The van der Waals surface area contributed by atoms with E-state index in [9.17, 15) is 14.7 Å². The minimum Gasteiger partial charge on any atom is -0.494 e. The molecule has 2 rings (SSSR count). The highest BCUT2D eigenvalue weighted by Crippen LogP contribution is 2.32. The summed E-state index contributed by atoms with van der Waals surface area (Å²) in [5, 5.41) is 11.9. The van der Waals surface area contributed by atoms with Crippen LogP contribution in [0.5, 0.6) is 5.75 Å². The van der Waals surface area contributed by atoms with E-state index in [4.69, 9.17) is 4.74 Å². The van der Waals surface area contributed by atoms with Crippen LogP contribution in [0, 0.1) is 0 Å². The predicted octanol–water partition coefficient (Wildman–Crippen LogP) is 2.14. The van der Waals surface area contributed by atoms with E-state index in [1.807, 2.05) is 31.2 Å². The Morgan fingerprint density at radius 1 is 1.33 bits per heavy atom. The number of benzene rings is 1. The highest BCUT2D eigenvalue weighted by Gasteiger charge is 2.45. The molecule has 2 N–H and O–H groups in total. The molecule has 1 fully saturated rings. The summed E-state index contributed by atoms with van der Waals surface area (Å²) in [6.45, 7) is 2.49. The van der Waals surface area contributed by atoms with Crippen molar-refractivity contribution in [2.45, 2.75) is 44.6 Å². The standard InChI is InChI=1S/C16H21NO4/c1-2-21-13-7-4-3-6-12(13)8-9-14(18)17-16(15(19)20)10-5-11-16/h3-4,6-7H,2,5,8-11H2,1H3,(H,17,18)(H,19,20). The number of amides is 1. The molecular weight excluding hydrogens is 270 g/mol. The lowest BCUT2D eigenvalue weighted by molar-refractivity contribution is -0.151. The van der Waals surface area contributed by atoms with Crippen molar-refractivity contribution in [3.05, 3.63) is 29.8 Å². The van der Waals surface area contributed by atoms with Gasteiger partial charge in [0, 0.05) is 6.42 Å². The number of para-hydroxylation sites is 1. The molecule has 114 valence electrons. The molecule has 0 bridgehead atoms. The van der Waals surface area contributed by atoms with Gasteiger partial charge in [0.2, 0.25) is 5.91 Å². The Labute approximate surface area is 124 Å². The lowest BCUT2D eigenvalue weighted by Gasteiger charge is -2.38. The summed E-state index contributed by atoms with van der Waals surface area (Å²) in [5.74, 6) is -0.371. The van der Waals surface area contributed by atoms with Gasteiger partial charge in [-0.3, -0.25) is 4.79 Å². The molecule has 0 unspecified atom stereocenters. The molecule has 5 nitrogen and oxygen atoms in total. The molecule has 1 amide bonds. The largest absolute Gasteiger partial charge is 0.494 e. The molecule has 0 heterocycles. The molecule has 1 aromatic carbocycles. The number of aliphatic carboxylic acids is 1. The van der Waals surface area contributed by atoms with Crippen molar-refractivity contribution in [3.8, 4) is 5.75 Å². The topological polar surface area (TPSA) is 75.6 Å². The third-order valence-electron chi connectivity index (χ3n) is 3.89. The first-order chi connectivity index (χ1) is 10.1. The Balaban J connectivity index is 1.91. The van der Waals surface area contributed by atoms with Crippen LogP contribution in [-0.4, -0.2) is 29.1 Å². The summed E-state index contributed by atoms with van der Waals surface area (Å²) < 4.78 is 5.51. The fraction of sp³-hybridized carbons (Fsp3) is 0.500. The van der Waals surface area contributed by atoms with Crippen molar-refractivity contribution >= 4 is 11.9 Å². The highest BCUT2D eigenvalue weighted by molar-refractivity contribution is 5.87. The van der Waals surface area contributed by atoms with E-state index in [-0.39, 0.29) is 12.3 Å². The summed E-state index contributed by atoms with van der Waals surface area (Å²) >= 11 is 0. The molecular formula is C16H21NO4. The summed E-state index contributed by atoms with van der Waals surface area (Å²) in [7, 11) is 0. The van der Waals surface area contributed by atoms with Crippen LogP contribution in [0.3, 0.4) is 0 Å². The second-order valence-corrected chi connectivity index (χ2v) is 5.33. The van der Waals surface area contributed by atoms with E-state index in [2.05, 4.69) is 5.32 Å². The summed E-state index contributed by atoms with van der Waals surface area (Å²) in [6.07, 6.45) is 2.68. The Hall–Kier alpha value is -2.04. The zero-order valence-corrected chi connectivity index (χ0v) is 12.2. The third kappa shape index (κ3) is 3.54. The van der Waals surface area contributed by atoms with Gasteiger partial charge in [-0.05, 0) is 44.2 Å². The van der Waals surface area contributed by atoms with Crippen LogP contribution in [0.4, 0.5) is 0 Å². The number of carbonyl (C=O) groups excluding carboxylic acids is 1. The molecule has 5 heteroatoms. The van der Waals surface area contributed by atoms with Crippen molar-refractivity contribution in [1.82, 2.24) is 5.32 Å². The number of nitrogens with one attached hydrogen (secondary N) is 1. The fourth-order valence-corrected chi connectivity index (χ4v) is 2.51. The van der Waals surface area contributed by atoms with E-state index < -0.39 is 11.5 Å². The maximum Gasteiger partial charge on any atom is 0.329 e. The Morgan fingerprint density at radius 3 is 2.62 bits per heavy atom. The van der Waals surface area contributed by atoms with E-state index in [0.29, 0.717) is 25.9 Å². The SMILES string of the molecule is CCOc1ccccc1CCC(=O)NC1(C(=O)O)CCC1. The van der Waals surface area contributed by atoms with E-state index in [1.165, 1.54) is 0 Å². The van der Waals surface area contributed by atoms with Crippen LogP contribution < -0.4 is 10.1 Å². The van der Waals surface area contributed by atoms with Gasteiger partial charge in [-0.2, -0.15) is 0 Å². The van der Waals surface area contributed by atoms with Crippen molar-refractivity contribution in [2.75, 3.05) is 6.61 Å². The normalized spacial score (nSPS) is 15.9. The minimum atomic E-state index is -1.03. The van der Waals surface area contributed by atoms with Gasteiger partial charge >= 0.3 is 5.97 Å². The summed E-state index contributed by atoms with van der Waals surface area (Å²) in [5.41, 5.74) is -0.0660. The van der Waals surface area contributed by atoms with Gasteiger partial charge in [-0.15, -0.1) is 0 Å². The maximum absolute atomic E-state index is 12.0. The number of carboxylic acid groups (broad SMARTS) is 1. The number of aryl methyl sites for hydroxylation is 1. The lowest BCUT2D eigenvalue weighted by atomic mass is 9.76. The maximum atomic E-state index is 12.0. The minimum absolute atomic E-state index is 0.219. The second-order valence-electron chi connectivity index (χ2n) is 5.33. The average molecular weight is 291 g/mol. The first-order valence-electron chi connectivity index (χ1n) is 7.32. The molecule has 1 aliphatic rings. The zero-order valence-electron chi connectivity index (χ0n) is 12.2. The van der Waals surface area contributed by atoms with Gasteiger partial charge in [-0.25, -0.2) is 4.79 Å². The van der Waals surface area contributed by atoms with E-state index in [1.54, 1.807) is 0 Å². The molecule has 0 atom stereocenters. The van der Waals surface area contributed by atoms with Crippen LogP contribution in [0.15, 0.2) is 24.3 Å². The zero-order chi connectivity index (χ0) is 15.3. The molecule has 1 aliphatic carbocycles. The van der Waals surface area contributed by atoms with Crippen LogP contribution in [0.1, 0.15) is 38.2 Å². The van der Waals surface area contributed by atoms with Crippen molar-refractivity contribution in [2.24, 2.45) is 0 Å². The van der Waals surface area contributed by atoms with Crippen LogP contribution >= 0.6 is 0 Å². The average Bonchev–Trinajstić information content (AvgIpc) is 2.42. The number of rotatable bonds is 7. The first-order valence-corrected chi connectivity index (χ1v) is 7.32. The molecule has 1 aromatic rings. The molecule has 1 saturated carbocycles. The van der Waals surface area contributed by atoms with Crippen molar-refractivity contribution < 1.29 is 19.4 Å². The summed E-state index contributed by atoms with van der Waals surface area (Å²) in [4.78, 5) is 23.2. The lowest BCUT2D eigenvalue weighted by Crippen LogP contribution is -2.59. The molecule has 0 aromatic heterocycles. The molecule has 0 radical (unpaired) electrons. The van der Waals surface area contributed by atoms with Gasteiger partial charge in [0.1, 0.15) is 11.3 Å². The Bertz CT molecular complexity index is 523. The van der Waals surface area contributed by atoms with Gasteiger partial charge in [-0.1, -0.05) is 18.2 Å². The Morgan fingerprint density at radius 2 is 2.05 bits per heavy atom. The molecule has 0 aliphatic heterocycles. The number of hydrogen-bond donors (Lipinski definition) is 2. The quantitative estimate of drug-likeness (QED) is 0.807.